The van der Waals surface area contributed by atoms with E-state index in [1.54, 1.807) is 25.5 Å². The van der Waals surface area contributed by atoms with Gasteiger partial charge in [0.1, 0.15) is 7.28 Å². The number of aliphatic hydroxyl groups is 1. The van der Waals surface area contributed by atoms with E-state index in [1.807, 2.05) is 12.1 Å². The van der Waals surface area contributed by atoms with Gasteiger partial charge in [-0.15, -0.1) is 0 Å². The first-order valence-corrected chi connectivity index (χ1v) is 4.62. The van der Waals surface area contributed by atoms with Crippen molar-refractivity contribution in [2.75, 3.05) is 6.61 Å². The molecule has 0 amide bonds. The van der Waals surface area contributed by atoms with Crippen LogP contribution in [0.2, 0.25) is 5.21 Å². The molecule has 2 rings (SSSR count). The van der Waals surface area contributed by atoms with E-state index in [-0.39, 0.29) is 6.61 Å². The van der Waals surface area contributed by atoms with Crippen molar-refractivity contribution >= 4 is 23.0 Å². The Balaban J connectivity index is 2.37. The molecule has 2 atom stereocenters. The van der Waals surface area contributed by atoms with E-state index in [2.05, 4.69) is 0 Å². The standard InChI is InChI=1S/C10H7B3NO/c11-9(6-15)10(12,13-9)8-3-1-2-7(4-8)5-14/h1-4,15H,6H2. The molecule has 2 nitrogen and oxygen atoms in total. The maximum Gasteiger partial charge on any atom is 0.110 e. The van der Waals surface area contributed by atoms with Crippen LogP contribution in [0.3, 0.4) is 0 Å². The molecule has 1 aliphatic rings. The van der Waals surface area contributed by atoms with Gasteiger partial charge in [0.15, 0.2) is 0 Å². The summed E-state index contributed by atoms with van der Waals surface area (Å²) in [5.41, 5.74) is 1.30. The summed E-state index contributed by atoms with van der Waals surface area (Å²) < 4.78 is 0. The molecule has 5 radical (unpaired) electrons. The highest BCUT2D eigenvalue weighted by atomic mass is 16.3. The molecule has 1 fully saturated rings. The lowest BCUT2D eigenvalue weighted by Gasteiger charge is -2.20. The number of nitrogens with zero attached hydrogens (tertiary/aromatic N) is 1. The van der Waals surface area contributed by atoms with E-state index in [9.17, 15) is 0 Å². The molecule has 2 unspecified atom stereocenters. The van der Waals surface area contributed by atoms with Gasteiger partial charge < -0.3 is 5.11 Å². The van der Waals surface area contributed by atoms with Crippen molar-refractivity contribution in [1.29, 1.82) is 5.26 Å². The topological polar surface area (TPSA) is 44.0 Å². The fourth-order valence-electron chi connectivity index (χ4n) is 1.74. The Hall–Kier alpha value is -1.14. The normalized spacial score (nSPS) is 32.8. The molecule has 0 aliphatic carbocycles. The molecule has 1 aliphatic heterocycles. The summed E-state index contributed by atoms with van der Waals surface area (Å²) in [6, 6.07) is 9.00. The molecule has 1 aromatic carbocycles. The van der Waals surface area contributed by atoms with Gasteiger partial charge in [-0.05, 0) is 12.1 Å². The summed E-state index contributed by atoms with van der Waals surface area (Å²) in [6.45, 7) is -0.194. The molecule has 0 saturated carbocycles. The lowest BCUT2D eigenvalue weighted by atomic mass is 9.63. The SMILES string of the molecule is [B]C1(CO)[B]C1([B])c1cccc(C#N)c1. The van der Waals surface area contributed by atoms with Crippen LogP contribution in [0.4, 0.5) is 0 Å². The van der Waals surface area contributed by atoms with E-state index in [1.165, 1.54) is 0 Å². The highest BCUT2D eigenvalue weighted by Gasteiger charge is 2.60. The highest BCUT2D eigenvalue weighted by Crippen LogP contribution is 2.57. The second-order valence-corrected chi connectivity index (χ2v) is 3.90. The van der Waals surface area contributed by atoms with Gasteiger partial charge in [0, 0.05) is 6.61 Å². The minimum Gasteiger partial charge on any atom is -0.397 e. The van der Waals surface area contributed by atoms with Gasteiger partial charge in [0.2, 0.25) is 0 Å². The lowest BCUT2D eigenvalue weighted by molar-refractivity contribution is 0.284. The van der Waals surface area contributed by atoms with Gasteiger partial charge in [-0.25, -0.2) is 0 Å². The third kappa shape index (κ3) is 1.41. The number of hydrogen-bond donors (Lipinski definition) is 1. The number of benzene rings is 1. The van der Waals surface area contributed by atoms with Crippen molar-refractivity contribution in [2.24, 2.45) is 0 Å². The van der Waals surface area contributed by atoms with Crippen LogP contribution in [0.5, 0.6) is 0 Å². The van der Waals surface area contributed by atoms with Gasteiger partial charge in [0.05, 0.1) is 27.3 Å². The highest BCUT2D eigenvalue weighted by molar-refractivity contribution is 6.80. The average Bonchev–Trinajstić information content (AvgIpc) is 2.84. The van der Waals surface area contributed by atoms with E-state index >= 15 is 0 Å². The third-order valence-electron chi connectivity index (χ3n) is 2.90. The number of aliphatic hydroxyl groups excluding tert-OH is 1. The molecule has 15 heavy (non-hydrogen) atoms. The van der Waals surface area contributed by atoms with Crippen LogP contribution in [-0.2, 0) is 5.21 Å². The van der Waals surface area contributed by atoms with Crippen LogP contribution in [0.25, 0.3) is 0 Å². The Morgan fingerprint density at radius 2 is 2.20 bits per heavy atom. The van der Waals surface area contributed by atoms with Crippen molar-refractivity contribution < 1.29 is 5.11 Å². The van der Waals surface area contributed by atoms with E-state index < -0.39 is 10.4 Å². The quantitative estimate of drug-likeness (QED) is 0.659. The number of nitriles is 1. The summed E-state index contributed by atoms with van der Waals surface area (Å²) in [5.74, 6) is 0. The Morgan fingerprint density at radius 1 is 1.47 bits per heavy atom. The van der Waals surface area contributed by atoms with Crippen LogP contribution in [0, 0.1) is 11.3 Å². The summed E-state index contributed by atoms with van der Waals surface area (Å²) in [7, 11) is 13.6. The predicted octanol–water partition coefficient (Wildman–Crippen LogP) is -0.126. The second-order valence-electron chi connectivity index (χ2n) is 3.90. The molecule has 1 N–H and O–H groups in total. The molecule has 1 heterocycles. The molecule has 5 heteroatoms. The Labute approximate surface area is 92.4 Å². The van der Waals surface area contributed by atoms with Crippen LogP contribution in [-0.4, -0.2) is 34.7 Å². The molecule has 0 spiro atoms. The van der Waals surface area contributed by atoms with Gasteiger partial charge >= 0.3 is 0 Å². The Kier molecular flexibility index (Phi) is 2.20. The Morgan fingerprint density at radius 3 is 2.73 bits per heavy atom. The van der Waals surface area contributed by atoms with Crippen molar-refractivity contribution in [3.8, 4) is 6.07 Å². The van der Waals surface area contributed by atoms with Crippen molar-refractivity contribution in [1.82, 2.24) is 0 Å². The largest absolute Gasteiger partial charge is 0.397 e. The fraction of sp³-hybridized carbons (Fsp3) is 0.300. The fourth-order valence-corrected chi connectivity index (χ4v) is 1.74. The molecule has 1 saturated heterocycles. The van der Waals surface area contributed by atoms with Gasteiger partial charge in [0.25, 0.3) is 0 Å². The Bertz CT molecular complexity index is 445. The molecule has 1 aromatic rings. The van der Waals surface area contributed by atoms with Crippen LogP contribution < -0.4 is 0 Å². The smallest absolute Gasteiger partial charge is 0.110 e. The van der Waals surface area contributed by atoms with Gasteiger partial charge in [-0.3, -0.25) is 0 Å². The molecule has 0 bridgehead atoms. The van der Waals surface area contributed by atoms with Crippen LogP contribution in [0.15, 0.2) is 24.3 Å². The predicted molar refractivity (Wildman–Crippen MR) is 59.9 cm³/mol. The second kappa shape index (κ2) is 3.18. The maximum absolute atomic E-state index is 9.09. The number of hydrogen-bond acceptors (Lipinski definition) is 2. The molecular formula is C10H7B3NO. The van der Waals surface area contributed by atoms with Crippen LogP contribution >= 0.6 is 0 Å². The summed E-state index contributed by atoms with van der Waals surface area (Å²) in [4.78, 5) is 0. The molecular weight excluding hydrogens is 183 g/mol. The van der Waals surface area contributed by atoms with Crippen LogP contribution in [0.1, 0.15) is 11.1 Å². The average molecular weight is 190 g/mol. The van der Waals surface area contributed by atoms with Crippen molar-refractivity contribution in [2.45, 2.75) is 10.4 Å². The maximum atomic E-state index is 9.09. The zero-order valence-electron chi connectivity index (χ0n) is 8.14. The zero-order valence-corrected chi connectivity index (χ0v) is 8.14. The first kappa shape index (κ1) is 10.4. The summed E-state index contributed by atoms with van der Waals surface area (Å²) in [6.07, 6.45) is 0. The zero-order chi connectivity index (χ0) is 11.1. The minimum absolute atomic E-state index is 0.194. The number of rotatable bonds is 2. The molecule has 67 valence electrons. The van der Waals surface area contributed by atoms with E-state index in [4.69, 9.17) is 26.1 Å². The summed E-state index contributed by atoms with van der Waals surface area (Å²) >= 11 is 0. The van der Waals surface area contributed by atoms with Crippen molar-refractivity contribution in [3.05, 3.63) is 35.4 Å². The lowest BCUT2D eigenvalue weighted by Crippen LogP contribution is -2.17. The first-order valence-electron chi connectivity index (χ1n) is 4.62. The van der Waals surface area contributed by atoms with Gasteiger partial charge in [-0.2, -0.15) is 5.26 Å². The summed E-state index contributed by atoms with van der Waals surface area (Å²) in [5, 5.41) is 16.2. The third-order valence-corrected chi connectivity index (χ3v) is 2.90. The van der Waals surface area contributed by atoms with E-state index in [0.29, 0.717) is 5.56 Å². The van der Waals surface area contributed by atoms with E-state index in [0.717, 1.165) is 5.56 Å². The van der Waals surface area contributed by atoms with Gasteiger partial charge in [-0.1, -0.05) is 28.1 Å². The minimum atomic E-state index is -0.860. The molecule has 0 aromatic heterocycles. The monoisotopic (exact) mass is 190 g/mol. The first-order chi connectivity index (χ1) is 7.05. The van der Waals surface area contributed by atoms with Crippen molar-refractivity contribution in [3.63, 3.8) is 0 Å².